The van der Waals surface area contributed by atoms with Crippen LogP contribution >= 0.6 is 0 Å². The first kappa shape index (κ1) is 12.8. The minimum atomic E-state index is -0.412. The molecule has 1 atom stereocenters. The first-order chi connectivity index (χ1) is 7.74. The summed E-state index contributed by atoms with van der Waals surface area (Å²) in [6.45, 7) is 1.60. The van der Waals surface area contributed by atoms with Gasteiger partial charge in [0.2, 0.25) is 5.91 Å². The molecule has 1 aliphatic rings. The minimum absolute atomic E-state index is 0.0978. The quantitative estimate of drug-likeness (QED) is 0.574. The van der Waals surface area contributed by atoms with E-state index < -0.39 is 6.04 Å². The smallest absolute Gasteiger partial charge is 0.315 e. The number of amides is 3. The van der Waals surface area contributed by atoms with E-state index in [4.69, 9.17) is 4.74 Å². The molecule has 0 bridgehead atoms. The summed E-state index contributed by atoms with van der Waals surface area (Å²) in [4.78, 5) is 22.9. The third kappa shape index (κ3) is 4.48. The lowest BCUT2D eigenvalue weighted by Crippen LogP contribution is -2.49. The van der Waals surface area contributed by atoms with E-state index in [1.54, 1.807) is 7.11 Å². The second kappa shape index (κ2) is 7.05. The third-order valence-electron chi connectivity index (χ3n) is 2.43. The van der Waals surface area contributed by atoms with E-state index in [1.807, 2.05) is 0 Å². The van der Waals surface area contributed by atoms with E-state index in [2.05, 4.69) is 16.0 Å². The highest BCUT2D eigenvalue weighted by Crippen LogP contribution is 2.04. The van der Waals surface area contributed by atoms with Gasteiger partial charge in [0.15, 0.2) is 0 Å². The van der Waals surface area contributed by atoms with Crippen molar-refractivity contribution in [3.63, 3.8) is 0 Å². The van der Waals surface area contributed by atoms with Gasteiger partial charge in [0.25, 0.3) is 0 Å². The lowest BCUT2D eigenvalue weighted by Gasteiger charge is -2.15. The van der Waals surface area contributed by atoms with Crippen molar-refractivity contribution in [2.75, 3.05) is 26.8 Å². The Morgan fingerprint density at radius 3 is 3.12 bits per heavy atom. The number of ether oxygens (including phenoxy) is 1. The highest BCUT2D eigenvalue weighted by molar-refractivity contribution is 5.87. The maximum Gasteiger partial charge on any atom is 0.315 e. The highest BCUT2D eigenvalue weighted by atomic mass is 16.5. The van der Waals surface area contributed by atoms with E-state index in [9.17, 15) is 9.59 Å². The van der Waals surface area contributed by atoms with Crippen molar-refractivity contribution in [3.05, 3.63) is 0 Å². The maximum atomic E-state index is 11.5. The van der Waals surface area contributed by atoms with Gasteiger partial charge in [-0.25, -0.2) is 4.79 Å². The van der Waals surface area contributed by atoms with Gasteiger partial charge in [-0.2, -0.15) is 0 Å². The Morgan fingerprint density at radius 2 is 2.38 bits per heavy atom. The Labute approximate surface area is 95.1 Å². The van der Waals surface area contributed by atoms with Gasteiger partial charge in [-0.05, 0) is 19.3 Å². The molecule has 6 nitrogen and oxygen atoms in total. The molecule has 1 unspecified atom stereocenters. The van der Waals surface area contributed by atoms with Crippen molar-refractivity contribution < 1.29 is 14.3 Å². The molecule has 16 heavy (non-hydrogen) atoms. The molecule has 0 aromatic heterocycles. The highest BCUT2D eigenvalue weighted by Gasteiger charge is 2.21. The van der Waals surface area contributed by atoms with Gasteiger partial charge in [-0.15, -0.1) is 0 Å². The number of methoxy groups -OCH3 is 1. The molecule has 3 amide bonds. The van der Waals surface area contributed by atoms with E-state index in [0.29, 0.717) is 26.1 Å². The van der Waals surface area contributed by atoms with Crippen LogP contribution in [0.2, 0.25) is 0 Å². The van der Waals surface area contributed by atoms with Gasteiger partial charge in [0, 0.05) is 20.2 Å². The summed E-state index contributed by atoms with van der Waals surface area (Å²) in [5, 5.41) is 8.03. The largest absolute Gasteiger partial charge is 0.383 e. The molecule has 6 heteroatoms. The van der Waals surface area contributed by atoms with Gasteiger partial charge >= 0.3 is 6.03 Å². The monoisotopic (exact) mass is 229 g/mol. The average Bonchev–Trinajstić information content (AvgIpc) is 2.45. The molecule has 1 heterocycles. The molecule has 0 saturated carbocycles. The molecule has 0 aromatic carbocycles. The molecule has 0 aromatic rings. The summed E-state index contributed by atoms with van der Waals surface area (Å²) in [5.41, 5.74) is 0. The molecule has 0 aliphatic carbocycles. The van der Waals surface area contributed by atoms with Crippen LogP contribution in [-0.2, 0) is 9.53 Å². The average molecular weight is 229 g/mol. The van der Waals surface area contributed by atoms with E-state index in [1.165, 1.54) is 0 Å². The van der Waals surface area contributed by atoms with Crippen molar-refractivity contribution in [2.45, 2.75) is 25.3 Å². The summed E-state index contributed by atoms with van der Waals surface area (Å²) in [6, 6.07) is -0.732. The van der Waals surface area contributed by atoms with Crippen LogP contribution in [0.5, 0.6) is 0 Å². The molecule has 92 valence electrons. The van der Waals surface area contributed by atoms with Gasteiger partial charge < -0.3 is 20.7 Å². The van der Waals surface area contributed by atoms with Crippen LogP contribution in [0.3, 0.4) is 0 Å². The predicted octanol–water partition coefficient (Wildman–Crippen LogP) is -0.399. The summed E-state index contributed by atoms with van der Waals surface area (Å²) in [6.07, 6.45) is 2.61. The summed E-state index contributed by atoms with van der Waals surface area (Å²) >= 11 is 0. The fourth-order valence-electron chi connectivity index (χ4n) is 1.55. The van der Waals surface area contributed by atoms with Crippen LogP contribution in [0.1, 0.15) is 19.3 Å². The molecule has 0 radical (unpaired) electrons. The molecule has 1 fully saturated rings. The Hall–Kier alpha value is -1.30. The molecule has 1 saturated heterocycles. The fraction of sp³-hybridized carbons (Fsp3) is 0.800. The molecule has 0 spiro atoms. The summed E-state index contributed by atoms with van der Waals surface area (Å²) in [7, 11) is 1.57. The number of nitrogens with one attached hydrogen (secondary N) is 3. The van der Waals surface area contributed by atoms with Crippen molar-refractivity contribution in [1.82, 2.24) is 16.0 Å². The Balaban J connectivity index is 2.27. The molecular formula is C10H19N3O3. The van der Waals surface area contributed by atoms with Gasteiger partial charge in [-0.1, -0.05) is 0 Å². The first-order valence-corrected chi connectivity index (χ1v) is 5.55. The molecule has 1 aliphatic heterocycles. The lowest BCUT2D eigenvalue weighted by atomic mass is 10.1. The van der Waals surface area contributed by atoms with Gasteiger partial charge in [-0.3, -0.25) is 4.79 Å². The zero-order valence-corrected chi connectivity index (χ0v) is 9.54. The third-order valence-corrected chi connectivity index (χ3v) is 2.43. The standard InChI is InChI=1S/C10H19N3O3/c1-16-7-6-12-10(15)13-8-4-2-3-5-11-9(8)14/h8H,2-7H2,1H3,(H,11,14)(H2,12,13,15). The Morgan fingerprint density at radius 1 is 1.56 bits per heavy atom. The SMILES string of the molecule is COCCNC(=O)NC1CCCCNC1=O. The Kier molecular flexibility index (Phi) is 5.63. The maximum absolute atomic E-state index is 11.5. The molecular weight excluding hydrogens is 210 g/mol. The van der Waals surface area contributed by atoms with Crippen molar-refractivity contribution >= 4 is 11.9 Å². The van der Waals surface area contributed by atoms with Crippen LogP contribution in [0, 0.1) is 0 Å². The molecule has 3 N–H and O–H groups in total. The van der Waals surface area contributed by atoms with E-state index >= 15 is 0 Å². The van der Waals surface area contributed by atoms with Crippen molar-refractivity contribution in [3.8, 4) is 0 Å². The Bertz CT molecular complexity index is 245. The normalized spacial score (nSPS) is 20.8. The number of hydrogen-bond acceptors (Lipinski definition) is 3. The minimum Gasteiger partial charge on any atom is -0.383 e. The zero-order valence-electron chi connectivity index (χ0n) is 9.54. The van der Waals surface area contributed by atoms with Crippen molar-refractivity contribution in [2.24, 2.45) is 0 Å². The second-order valence-corrected chi connectivity index (χ2v) is 3.73. The zero-order chi connectivity index (χ0) is 11.8. The second-order valence-electron chi connectivity index (χ2n) is 3.73. The summed E-state index contributed by atoms with van der Waals surface area (Å²) in [5.74, 6) is -0.0978. The van der Waals surface area contributed by atoms with Crippen LogP contribution in [0.15, 0.2) is 0 Å². The number of rotatable bonds is 4. The number of urea groups is 1. The number of hydrogen-bond donors (Lipinski definition) is 3. The summed E-state index contributed by atoms with van der Waals surface area (Å²) < 4.78 is 4.80. The lowest BCUT2D eigenvalue weighted by molar-refractivity contribution is -0.122. The van der Waals surface area contributed by atoms with Gasteiger partial charge in [0.1, 0.15) is 6.04 Å². The number of carbonyl (C=O) groups is 2. The van der Waals surface area contributed by atoms with Gasteiger partial charge in [0.05, 0.1) is 6.61 Å². The fourth-order valence-corrected chi connectivity index (χ4v) is 1.55. The van der Waals surface area contributed by atoms with Crippen LogP contribution in [0.4, 0.5) is 4.79 Å². The first-order valence-electron chi connectivity index (χ1n) is 5.55. The van der Waals surface area contributed by atoms with Crippen LogP contribution < -0.4 is 16.0 Å². The van der Waals surface area contributed by atoms with Crippen LogP contribution in [-0.4, -0.2) is 44.8 Å². The topological polar surface area (TPSA) is 79.5 Å². The number of carbonyl (C=O) groups excluding carboxylic acids is 2. The van der Waals surface area contributed by atoms with Crippen LogP contribution in [0.25, 0.3) is 0 Å². The van der Waals surface area contributed by atoms with E-state index in [0.717, 1.165) is 12.8 Å². The molecule has 1 rings (SSSR count). The van der Waals surface area contributed by atoms with Crippen molar-refractivity contribution in [1.29, 1.82) is 0 Å². The van der Waals surface area contributed by atoms with E-state index in [-0.39, 0.29) is 11.9 Å². The predicted molar refractivity (Wildman–Crippen MR) is 59.1 cm³/mol.